The fourth-order valence-corrected chi connectivity index (χ4v) is 4.24. The second kappa shape index (κ2) is 8.53. The van der Waals surface area contributed by atoms with Crippen LogP contribution in [0.25, 0.3) is 0 Å². The number of rotatable bonds is 6. The van der Waals surface area contributed by atoms with Crippen molar-refractivity contribution in [1.29, 1.82) is 0 Å². The Morgan fingerprint density at radius 1 is 1.21 bits per heavy atom. The Morgan fingerprint density at radius 3 is 2.93 bits per heavy atom. The summed E-state index contributed by atoms with van der Waals surface area (Å²) in [7, 11) is 1.63. The SMILES string of the molecule is COc1cccc(CSc2nc(CC(=O)N3CCc4ccccc43)cc(=O)[nH]2)c1. The molecule has 1 aromatic heterocycles. The summed E-state index contributed by atoms with van der Waals surface area (Å²) < 4.78 is 5.24. The number of H-pyrrole nitrogens is 1. The molecule has 1 aliphatic heterocycles. The third-order valence-corrected chi connectivity index (χ3v) is 5.75. The van der Waals surface area contributed by atoms with Crippen LogP contribution >= 0.6 is 11.8 Å². The van der Waals surface area contributed by atoms with E-state index in [0.717, 1.165) is 23.4 Å². The summed E-state index contributed by atoms with van der Waals surface area (Å²) in [6, 6.07) is 17.1. The first-order valence-electron chi connectivity index (χ1n) is 9.36. The molecule has 4 rings (SSSR count). The second-order valence-corrected chi connectivity index (χ2v) is 7.75. The number of thioether (sulfide) groups is 1. The first-order valence-corrected chi connectivity index (χ1v) is 10.3. The predicted octanol–water partition coefficient (Wildman–Crippen LogP) is 3.20. The number of aromatic amines is 1. The van der Waals surface area contributed by atoms with Gasteiger partial charge in [0.05, 0.1) is 19.2 Å². The lowest BCUT2D eigenvalue weighted by Crippen LogP contribution is -2.31. The van der Waals surface area contributed by atoms with Gasteiger partial charge in [0.2, 0.25) is 5.91 Å². The number of amides is 1. The number of anilines is 1. The summed E-state index contributed by atoms with van der Waals surface area (Å²) in [5, 5.41) is 0.505. The Hall–Kier alpha value is -3.06. The fourth-order valence-electron chi connectivity index (χ4n) is 3.40. The van der Waals surface area contributed by atoms with E-state index in [9.17, 15) is 9.59 Å². The summed E-state index contributed by atoms with van der Waals surface area (Å²) in [6.45, 7) is 0.665. The van der Waals surface area contributed by atoms with Crippen molar-refractivity contribution < 1.29 is 9.53 Å². The van der Waals surface area contributed by atoms with Crippen molar-refractivity contribution in [2.24, 2.45) is 0 Å². The van der Waals surface area contributed by atoms with Gasteiger partial charge in [0.15, 0.2) is 5.16 Å². The van der Waals surface area contributed by atoms with Gasteiger partial charge in [0, 0.05) is 24.1 Å². The van der Waals surface area contributed by atoms with Gasteiger partial charge in [0.1, 0.15) is 5.75 Å². The number of aromatic nitrogens is 2. The third-order valence-electron chi connectivity index (χ3n) is 4.80. The zero-order chi connectivity index (χ0) is 20.2. The Bertz CT molecular complexity index is 1100. The average Bonchev–Trinajstić information content (AvgIpc) is 3.16. The number of carbonyl (C=O) groups is 1. The molecule has 29 heavy (non-hydrogen) atoms. The molecule has 0 saturated carbocycles. The molecule has 1 aliphatic rings. The van der Waals surface area contributed by atoms with Gasteiger partial charge in [-0.3, -0.25) is 9.59 Å². The van der Waals surface area contributed by atoms with Crippen molar-refractivity contribution in [2.75, 3.05) is 18.6 Å². The highest BCUT2D eigenvalue weighted by molar-refractivity contribution is 7.98. The number of fused-ring (bicyclic) bond motifs is 1. The van der Waals surface area contributed by atoms with Crippen LogP contribution in [-0.2, 0) is 23.4 Å². The van der Waals surface area contributed by atoms with Gasteiger partial charge in [-0.2, -0.15) is 0 Å². The summed E-state index contributed by atoms with van der Waals surface area (Å²) in [6.07, 6.45) is 0.956. The highest BCUT2D eigenvalue weighted by atomic mass is 32.2. The van der Waals surface area contributed by atoms with E-state index in [0.29, 0.717) is 23.1 Å². The molecule has 2 heterocycles. The van der Waals surface area contributed by atoms with Crippen LogP contribution in [0.3, 0.4) is 0 Å². The normalized spacial score (nSPS) is 12.7. The number of carbonyl (C=O) groups excluding carboxylic acids is 1. The molecule has 2 aromatic carbocycles. The molecular weight excluding hydrogens is 386 g/mol. The van der Waals surface area contributed by atoms with Crippen LogP contribution in [-0.4, -0.2) is 29.5 Å². The maximum atomic E-state index is 12.8. The van der Waals surface area contributed by atoms with E-state index in [2.05, 4.69) is 9.97 Å². The average molecular weight is 407 g/mol. The maximum absolute atomic E-state index is 12.8. The number of nitrogens with one attached hydrogen (secondary N) is 1. The minimum atomic E-state index is -0.252. The van der Waals surface area contributed by atoms with Gasteiger partial charge in [-0.1, -0.05) is 42.1 Å². The van der Waals surface area contributed by atoms with Crippen LogP contribution in [0.5, 0.6) is 5.75 Å². The monoisotopic (exact) mass is 407 g/mol. The number of hydrogen-bond donors (Lipinski definition) is 1. The van der Waals surface area contributed by atoms with E-state index >= 15 is 0 Å². The van der Waals surface area contributed by atoms with Gasteiger partial charge in [-0.25, -0.2) is 4.98 Å². The molecule has 0 unspecified atom stereocenters. The molecule has 3 aromatic rings. The Kier molecular flexibility index (Phi) is 5.67. The molecule has 0 bridgehead atoms. The highest BCUT2D eigenvalue weighted by Crippen LogP contribution is 2.28. The van der Waals surface area contributed by atoms with Crippen LogP contribution < -0.4 is 15.2 Å². The minimum absolute atomic E-state index is 0.0446. The third kappa shape index (κ3) is 4.51. The summed E-state index contributed by atoms with van der Waals surface area (Å²) in [4.78, 5) is 33.9. The van der Waals surface area contributed by atoms with Crippen molar-refractivity contribution in [3.63, 3.8) is 0 Å². The van der Waals surface area contributed by atoms with Crippen LogP contribution in [0.4, 0.5) is 5.69 Å². The number of benzene rings is 2. The van der Waals surface area contributed by atoms with Crippen molar-refractivity contribution in [3.05, 3.63) is 81.8 Å². The van der Waals surface area contributed by atoms with Gasteiger partial charge < -0.3 is 14.6 Å². The molecule has 1 N–H and O–H groups in total. The number of methoxy groups -OCH3 is 1. The van der Waals surface area contributed by atoms with Crippen molar-refractivity contribution >= 4 is 23.4 Å². The number of hydrogen-bond acceptors (Lipinski definition) is 5. The first-order chi connectivity index (χ1) is 14.1. The molecule has 6 nitrogen and oxygen atoms in total. The lowest BCUT2D eigenvalue weighted by Gasteiger charge is -2.17. The van der Waals surface area contributed by atoms with Crippen LogP contribution in [0.15, 0.2) is 64.5 Å². The Morgan fingerprint density at radius 2 is 2.07 bits per heavy atom. The van der Waals surface area contributed by atoms with Gasteiger partial charge in [-0.05, 0) is 35.7 Å². The van der Waals surface area contributed by atoms with Crippen molar-refractivity contribution in [2.45, 2.75) is 23.8 Å². The molecular formula is C22H21N3O3S. The Balaban J connectivity index is 1.46. The van der Waals surface area contributed by atoms with E-state index < -0.39 is 0 Å². The number of ether oxygens (including phenoxy) is 1. The van der Waals surface area contributed by atoms with E-state index in [-0.39, 0.29) is 17.9 Å². The van der Waals surface area contributed by atoms with Gasteiger partial charge in [-0.15, -0.1) is 0 Å². The summed E-state index contributed by atoms with van der Waals surface area (Å²) >= 11 is 1.42. The van der Waals surface area contributed by atoms with Crippen LogP contribution in [0.2, 0.25) is 0 Å². The van der Waals surface area contributed by atoms with E-state index in [1.165, 1.54) is 23.4 Å². The molecule has 0 saturated heterocycles. The first kappa shape index (κ1) is 19.3. The molecule has 1 amide bonds. The zero-order valence-electron chi connectivity index (χ0n) is 16.1. The van der Waals surface area contributed by atoms with E-state index in [4.69, 9.17) is 4.74 Å². The van der Waals surface area contributed by atoms with Crippen LogP contribution in [0, 0.1) is 0 Å². The fraction of sp³-hybridized carbons (Fsp3) is 0.227. The molecule has 0 atom stereocenters. The number of para-hydroxylation sites is 1. The molecule has 0 aliphatic carbocycles. The lowest BCUT2D eigenvalue weighted by atomic mass is 10.2. The van der Waals surface area contributed by atoms with Crippen molar-refractivity contribution in [3.8, 4) is 5.75 Å². The molecule has 0 radical (unpaired) electrons. The van der Waals surface area contributed by atoms with E-state index in [1.54, 1.807) is 12.0 Å². The maximum Gasteiger partial charge on any atom is 0.251 e. The minimum Gasteiger partial charge on any atom is -0.497 e. The topological polar surface area (TPSA) is 75.3 Å². The van der Waals surface area contributed by atoms with Gasteiger partial charge in [0.25, 0.3) is 5.56 Å². The summed E-state index contributed by atoms with van der Waals surface area (Å²) in [5.74, 6) is 1.38. The molecule has 0 fully saturated rings. The quantitative estimate of drug-likeness (QED) is 0.502. The largest absolute Gasteiger partial charge is 0.497 e. The highest BCUT2D eigenvalue weighted by Gasteiger charge is 2.24. The summed E-state index contributed by atoms with van der Waals surface area (Å²) in [5.41, 5.74) is 3.42. The zero-order valence-corrected chi connectivity index (χ0v) is 16.9. The van der Waals surface area contributed by atoms with Gasteiger partial charge >= 0.3 is 0 Å². The Labute approximate surface area is 172 Å². The van der Waals surface area contributed by atoms with Crippen LogP contribution in [0.1, 0.15) is 16.8 Å². The predicted molar refractivity (Wildman–Crippen MR) is 114 cm³/mol. The standard InChI is InChI=1S/C22H21N3O3S/c1-28-18-7-4-5-15(11-18)14-29-22-23-17(12-20(26)24-22)13-21(27)25-10-9-16-6-2-3-8-19(16)25/h2-8,11-12H,9-10,13-14H2,1H3,(H,23,24,26). The second-order valence-electron chi connectivity index (χ2n) is 6.78. The smallest absolute Gasteiger partial charge is 0.251 e. The lowest BCUT2D eigenvalue weighted by molar-refractivity contribution is -0.117. The van der Waals surface area contributed by atoms with Crippen molar-refractivity contribution in [1.82, 2.24) is 9.97 Å². The number of nitrogens with zero attached hydrogens (tertiary/aromatic N) is 2. The molecule has 7 heteroatoms. The molecule has 0 spiro atoms. The molecule has 148 valence electrons. The van der Waals surface area contributed by atoms with E-state index in [1.807, 2.05) is 48.5 Å².